The van der Waals surface area contributed by atoms with Crippen molar-refractivity contribution in [2.24, 2.45) is 5.73 Å². The van der Waals surface area contributed by atoms with Crippen molar-refractivity contribution in [3.05, 3.63) is 47.0 Å². The minimum absolute atomic E-state index is 0.542. The van der Waals surface area contributed by atoms with E-state index in [0.29, 0.717) is 18.9 Å². The van der Waals surface area contributed by atoms with Crippen molar-refractivity contribution >= 4 is 27.0 Å². The first-order valence-electron chi connectivity index (χ1n) is 5.94. The standard InChI is InChI=1S/C13H12BrN5/c14-9-7-16-13(17-8-9)19-11-4-2-1-3-10(11)18-12(19)5-6-15/h1-4,7-8H,5-6,15H2. The molecule has 0 atom stereocenters. The maximum atomic E-state index is 5.65. The number of nitrogens with zero attached hydrogens (tertiary/aromatic N) is 4. The summed E-state index contributed by atoms with van der Waals surface area (Å²) < 4.78 is 2.80. The lowest BCUT2D eigenvalue weighted by Crippen LogP contribution is -2.10. The Kier molecular flexibility index (Phi) is 3.27. The third kappa shape index (κ3) is 2.24. The van der Waals surface area contributed by atoms with Crippen molar-refractivity contribution in [2.45, 2.75) is 6.42 Å². The van der Waals surface area contributed by atoms with Gasteiger partial charge in [-0.25, -0.2) is 15.0 Å². The fourth-order valence-electron chi connectivity index (χ4n) is 2.02. The SMILES string of the molecule is NCCc1nc2ccccc2n1-c1ncc(Br)cn1. The lowest BCUT2D eigenvalue weighted by atomic mass is 10.3. The maximum Gasteiger partial charge on any atom is 0.235 e. The van der Waals surface area contributed by atoms with Gasteiger partial charge >= 0.3 is 0 Å². The zero-order chi connectivity index (χ0) is 13.2. The first-order valence-corrected chi connectivity index (χ1v) is 6.73. The van der Waals surface area contributed by atoms with Crippen molar-refractivity contribution in [2.75, 3.05) is 6.54 Å². The summed E-state index contributed by atoms with van der Waals surface area (Å²) in [5, 5.41) is 0. The Morgan fingerprint density at radius 2 is 1.89 bits per heavy atom. The van der Waals surface area contributed by atoms with Crippen LogP contribution in [0.15, 0.2) is 41.1 Å². The molecule has 0 bridgehead atoms. The summed E-state index contributed by atoms with van der Waals surface area (Å²) in [6.07, 6.45) is 4.14. The molecule has 6 heteroatoms. The second-order valence-electron chi connectivity index (χ2n) is 4.09. The Morgan fingerprint density at radius 3 is 2.63 bits per heavy atom. The molecular formula is C13H12BrN5. The predicted octanol–water partition coefficient (Wildman–Crippen LogP) is 2.08. The van der Waals surface area contributed by atoms with Crippen molar-refractivity contribution in [3.8, 4) is 5.95 Å². The quantitative estimate of drug-likeness (QED) is 0.803. The minimum atomic E-state index is 0.542. The molecule has 0 aliphatic carbocycles. The number of benzene rings is 1. The summed E-state index contributed by atoms with van der Waals surface area (Å²) >= 11 is 3.34. The molecule has 96 valence electrons. The molecule has 0 saturated heterocycles. The van der Waals surface area contributed by atoms with Crippen LogP contribution < -0.4 is 5.73 Å². The van der Waals surface area contributed by atoms with Crippen LogP contribution in [0, 0.1) is 0 Å². The first-order chi connectivity index (χ1) is 9.29. The lowest BCUT2D eigenvalue weighted by molar-refractivity contribution is 0.815. The van der Waals surface area contributed by atoms with E-state index in [1.54, 1.807) is 12.4 Å². The van der Waals surface area contributed by atoms with Crippen LogP contribution in [0.1, 0.15) is 5.82 Å². The van der Waals surface area contributed by atoms with Crippen molar-refractivity contribution < 1.29 is 0 Å². The van der Waals surface area contributed by atoms with Crippen LogP contribution >= 0.6 is 15.9 Å². The monoisotopic (exact) mass is 317 g/mol. The smallest absolute Gasteiger partial charge is 0.235 e. The van der Waals surface area contributed by atoms with Crippen molar-refractivity contribution in [1.82, 2.24) is 19.5 Å². The molecule has 2 heterocycles. The van der Waals surface area contributed by atoms with Crippen LogP contribution in [0.3, 0.4) is 0 Å². The van der Waals surface area contributed by atoms with Crippen LogP contribution in [-0.4, -0.2) is 26.1 Å². The molecule has 3 rings (SSSR count). The van der Waals surface area contributed by atoms with E-state index < -0.39 is 0 Å². The van der Waals surface area contributed by atoms with Crippen LogP contribution in [0.2, 0.25) is 0 Å². The maximum absolute atomic E-state index is 5.65. The minimum Gasteiger partial charge on any atom is -0.330 e. The second kappa shape index (κ2) is 5.07. The predicted molar refractivity (Wildman–Crippen MR) is 77.1 cm³/mol. The van der Waals surface area contributed by atoms with Gasteiger partial charge in [-0.05, 0) is 34.6 Å². The molecule has 0 spiro atoms. The lowest BCUT2D eigenvalue weighted by Gasteiger charge is -2.06. The van der Waals surface area contributed by atoms with Gasteiger partial charge < -0.3 is 5.73 Å². The molecule has 0 saturated carbocycles. The number of para-hydroxylation sites is 2. The zero-order valence-electron chi connectivity index (χ0n) is 10.1. The van der Waals surface area contributed by atoms with Crippen molar-refractivity contribution in [3.63, 3.8) is 0 Å². The van der Waals surface area contributed by atoms with Crippen LogP contribution in [-0.2, 0) is 6.42 Å². The average Bonchev–Trinajstić information content (AvgIpc) is 2.78. The Balaban J connectivity index is 2.24. The fraction of sp³-hybridized carbons (Fsp3) is 0.154. The van der Waals surface area contributed by atoms with Gasteiger partial charge in [0.1, 0.15) is 5.82 Å². The second-order valence-corrected chi connectivity index (χ2v) is 5.01. The van der Waals surface area contributed by atoms with E-state index in [1.165, 1.54) is 0 Å². The van der Waals surface area contributed by atoms with Gasteiger partial charge in [0.05, 0.1) is 15.5 Å². The number of imidazole rings is 1. The number of rotatable bonds is 3. The summed E-state index contributed by atoms with van der Waals surface area (Å²) in [5.74, 6) is 1.49. The van der Waals surface area contributed by atoms with Crippen LogP contribution in [0.4, 0.5) is 0 Å². The average molecular weight is 318 g/mol. The van der Waals surface area contributed by atoms with Gasteiger partial charge in [0, 0.05) is 18.8 Å². The van der Waals surface area contributed by atoms with Gasteiger partial charge in [0.25, 0.3) is 0 Å². The van der Waals surface area contributed by atoms with Gasteiger partial charge in [0.15, 0.2) is 0 Å². The third-order valence-electron chi connectivity index (χ3n) is 2.80. The van der Waals surface area contributed by atoms with Crippen LogP contribution in [0.5, 0.6) is 0 Å². The molecule has 3 aromatic rings. The molecule has 0 fully saturated rings. The topological polar surface area (TPSA) is 69.6 Å². The Labute approximate surface area is 118 Å². The molecule has 5 nitrogen and oxygen atoms in total. The molecular weight excluding hydrogens is 306 g/mol. The number of nitrogens with two attached hydrogens (primary N) is 1. The highest BCUT2D eigenvalue weighted by molar-refractivity contribution is 9.10. The summed E-state index contributed by atoms with van der Waals surface area (Å²) in [6, 6.07) is 7.93. The van der Waals surface area contributed by atoms with E-state index in [4.69, 9.17) is 5.73 Å². The highest BCUT2D eigenvalue weighted by Gasteiger charge is 2.13. The molecule has 0 radical (unpaired) electrons. The van der Waals surface area contributed by atoms with Gasteiger partial charge in [-0.3, -0.25) is 4.57 Å². The van der Waals surface area contributed by atoms with E-state index in [0.717, 1.165) is 21.3 Å². The molecule has 0 unspecified atom stereocenters. The number of hydrogen-bond donors (Lipinski definition) is 1. The molecule has 19 heavy (non-hydrogen) atoms. The molecule has 1 aromatic carbocycles. The summed E-state index contributed by atoms with van der Waals surface area (Å²) in [4.78, 5) is 13.3. The zero-order valence-corrected chi connectivity index (χ0v) is 11.7. The van der Waals surface area contributed by atoms with Crippen molar-refractivity contribution in [1.29, 1.82) is 0 Å². The number of hydrogen-bond acceptors (Lipinski definition) is 4. The van der Waals surface area contributed by atoms with Crippen LogP contribution in [0.25, 0.3) is 17.0 Å². The summed E-state index contributed by atoms with van der Waals surface area (Å²) in [7, 11) is 0. The highest BCUT2D eigenvalue weighted by Crippen LogP contribution is 2.20. The first kappa shape index (κ1) is 12.3. The van der Waals surface area contributed by atoms with E-state index in [2.05, 4.69) is 30.9 Å². The Bertz CT molecular complexity index is 705. The largest absolute Gasteiger partial charge is 0.330 e. The Morgan fingerprint density at radius 1 is 1.16 bits per heavy atom. The van der Waals surface area contributed by atoms with Gasteiger partial charge in [0.2, 0.25) is 5.95 Å². The highest BCUT2D eigenvalue weighted by atomic mass is 79.9. The third-order valence-corrected chi connectivity index (χ3v) is 3.21. The number of fused-ring (bicyclic) bond motifs is 1. The van der Waals surface area contributed by atoms with Gasteiger partial charge in [-0.1, -0.05) is 12.1 Å². The van der Waals surface area contributed by atoms with E-state index in [-0.39, 0.29) is 0 Å². The molecule has 2 N–H and O–H groups in total. The number of aromatic nitrogens is 4. The van der Waals surface area contributed by atoms with Gasteiger partial charge in [-0.15, -0.1) is 0 Å². The van der Waals surface area contributed by atoms with E-state index >= 15 is 0 Å². The Hall–Kier alpha value is -1.79. The molecule has 0 amide bonds. The molecule has 0 aliphatic rings. The van der Waals surface area contributed by atoms with Gasteiger partial charge in [-0.2, -0.15) is 0 Å². The van der Waals surface area contributed by atoms with E-state index in [9.17, 15) is 0 Å². The normalized spacial score (nSPS) is 11.1. The molecule has 2 aromatic heterocycles. The molecule has 0 aliphatic heterocycles. The summed E-state index contributed by atoms with van der Waals surface area (Å²) in [5.41, 5.74) is 7.57. The number of halogens is 1. The summed E-state index contributed by atoms with van der Waals surface area (Å²) in [6.45, 7) is 0.542. The fourth-order valence-corrected chi connectivity index (χ4v) is 2.22. The van der Waals surface area contributed by atoms with E-state index in [1.807, 2.05) is 28.8 Å².